The summed E-state index contributed by atoms with van der Waals surface area (Å²) in [5.41, 5.74) is 12.9. The molecule has 4 rings (SSSR count). The van der Waals surface area contributed by atoms with Crippen LogP contribution in [-0.4, -0.2) is 24.3 Å². The number of hydrogen-bond donors (Lipinski definition) is 2. The van der Waals surface area contributed by atoms with Crippen LogP contribution < -0.4 is 11.5 Å². The van der Waals surface area contributed by atoms with Crippen LogP contribution >= 0.6 is 11.8 Å². The molecule has 3 aromatic rings. The third-order valence-corrected chi connectivity index (χ3v) is 5.31. The zero-order valence-electron chi connectivity index (χ0n) is 16.0. The zero-order chi connectivity index (χ0) is 22.6. The molecule has 0 spiro atoms. The first-order valence-corrected chi connectivity index (χ1v) is 9.82. The van der Waals surface area contributed by atoms with Gasteiger partial charge in [-0.3, -0.25) is 4.79 Å². The molecule has 0 unspecified atom stereocenters. The molecule has 0 atom stereocenters. The molecule has 3 aromatic carbocycles. The fourth-order valence-electron chi connectivity index (χ4n) is 2.75. The maximum atomic E-state index is 13.7. The van der Waals surface area contributed by atoms with Crippen molar-refractivity contribution in [2.75, 3.05) is 6.54 Å². The summed E-state index contributed by atoms with van der Waals surface area (Å²) in [6.45, 7) is -1.23. The Labute approximate surface area is 180 Å². The van der Waals surface area contributed by atoms with Gasteiger partial charge in [0.15, 0.2) is 0 Å². The van der Waals surface area contributed by atoms with Crippen molar-refractivity contribution >= 4 is 29.1 Å². The lowest BCUT2D eigenvalue weighted by Crippen LogP contribution is -2.21. The third kappa shape index (κ3) is 5.71. The van der Waals surface area contributed by atoms with E-state index in [-0.39, 0.29) is 5.82 Å². The molecule has 0 aromatic heterocycles. The smallest absolute Gasteiger partial charge is 0.366 e. The van der Waals surface area contributed by atoms with Crippen LogP contribution in [0.4, 0.5) is 23.2 Å². The van der Waals surface area contributed by atoms with Crippen LogP contribution in [0.3, 0.4) is 0 Å². The van der Waals surface area contributed by atoms with Crippen LogP contribution in [0, 0.1) is 5.82 Å². The van der Waals surface area contributed by atoms with Crippen molar-refractivity contribution in [2.45, 2.75) is 16.0 Å². The van der Waals surface area contributed by atoms with Gasteiger partial charge in [-0.1, -0.05) is 42.1 Å². The highest BCUT2D eigenvalue weighted by Gasteiger charge is 2.23. The molecule has 0 saturated carbocycles. The normalized spacial score (nSPS) is 12.5. The van der Waals surface area contributed by atoms with Gasteiger partial charge in [0.2, 0.25) is 5.91 Å². The molecule has 0 saturated heterocycles. The van der Waals surface area contributed by atoms with Crippen LogP contribution in [-0.2, 0) is 0 Å². The molecule has 0 radical (unpaired) electrons. The standard InChI is InChI=1S/C20H13FN2OS.C2H4F3N/c21-14-5-3-4-12(10-14)19-15-6-1-2-7-17(15)25-18-9-8-13(20(22)24)11-16(18)23-19;3-2(4,5)1-6/h1-11H,(H2,22,24);1,6H2. The van der Waals surface area contributed by atoms with Crippen molar-refractivity contribution in [1.82, 2.24) is 0 Å². The van der Waals surface area contributed by atoms with E-state index in [4.69, 9.17) is 10.7 Å². The summed E-state index contributed by atoms with van der Waals surface area (Å²) in [4.78, 5) is 18.2. The summed E-state index contributed by atoms with van der Waals surface area (Å²) in [7, 11) is 0. The number of carbonyl (C=O) groups excluding carboxylic acids is 1. The van der Waals surface area contributed by atoms with Crippen LogP contribution in [0.25, 0.3) is 0 Å². The van der Waals surface area contributed by atoms with E-state index in [1.54, 1.807) is 30.0 Å². The monoisotopic (exact) mass is 447 g/mol. The number of fused-ring (bicyclic) bond motifs is 2. The lowest BCUT2D eigenvalue weighted by atomic mass is 10.0. The molecule has 9 heteroatoms. The SMILES string of the molecule is NC(=O)c1ccc2c(c1)N=C(c1cccc(F)c1)c1ccccc1S2.NCC(F)(F)F. The van der Waals surface area contributed by atoms with Crippen LogP contribution in [0.15, 0.2) is 81.5 Å². The summed E-state index contributed by atoms with van der Waals surface area (Å²) in [6.07, 6.45) is -4.18. The molecule has 160 valence electrons. The first kappa shape index (κ1) is 22.5. The molecule has 1 amide bonds. The molecule has 4 N–H and O–H groups in total. The maximum absolute atomic E-state index is 13.7. The zero-order valence-corrected chi connectivity index (χ0v) is 16.8. The number of nitrogens with two attached hydrogens (primary N) is 2. The van der Waals surface area contributed by atoms with E-state index in [0.717, 1.165) is 15.4 Å². The van der Waals surface area contributed by atoms with Crippen LogP contribution in [0.2, 0.25) is 0 Å². The number of halogens is 4. The topological polar surface area (TPSA) is 81.5 Å². The number of carbonyl (C=O) groups is 1. The first-order valence-electron chi connectivity index (χ1n) is 9.00. The summed E-state index contributed by atoms with van der Waals surface area (Å²) < 4.78 is 45.7. The molecule has 0 aliphatic carbocycles. The molecule has 0 bridgehead atoms. The molecule has 31 heavy (non-hydrogen) atoms. The minimum absolute atomic E-state index is 0.319. The minimum Gasteiger partial charge on any atom is -0.366 e. The highest BCUT2D eigenvalue weighted by molar-refractivity contribution is 7.99. The molecular weight excluding hydrogens is 430 g/mol. The summed E-state index contributed by atoms with van der Waals surface area (Å²) in [5.74, 6) is -0.822. The Hall–Kier alpha value is -3.17. The largest absolute Gasteiger partial charge is 0.400 e. The van der Waals surface area contributed by atoms with Crippen molar-refractivity contribution in [1.29, 1.82) is 0 Å². The van der Waals surface area contributed by atoms with Crippen molar-refractivity contribution in [3.8, 4) is 0 Å². The van der Waals surface area contributed by atoms with Crippen molar-refractivity contribution in [2.24, 2.45) is 16.5 Å². The second kappa shape index (κ2) is 9.32. The number of aliphatic imine (C=N–C) groups is 1. The quantitative estimate of drug-likeness (QED) is 0.421. The van der Waals surface area contributed by atoms with Crippen molar-refractivity contribution in [3.05, 3.63) is 89.2 Å². The minimum atomic E-state index is -4.18. The maximum Gasteiger partial charge on any atom is 0.400 e. The predicted molar refractivity (Wildman–Crippen MR) is 112 cm³/mol. The Bertz CT molecular complexity index is 1150. The van der Waals surface area contributed by atoms with E-state index in [2.05, 4.69) is 5.73 Å². The van der Waals surface area contributed by atoms with E-state index in [9.17, 15) is 22.4 Å². The summed E-state index contributed by atoms with van der Waals surface area (Å²) in [5, 5.41) is 0. The second-order valence-corrected chi connectivity index (χ2v) is 7.52. The number of benzene rings is 3. The van der Waals surface area contributed by atoms with E-state index in [1.807, 2.05) is 36.4 Å². The van der Waals surface area contributed by atoms with Gasteiger partial charge in [-0.15, -0.1) is 0 Å². The molecule has 1 aliphatic rings. The fourth-order valence-corrected chi connectivity index (χ4v) is 3.75. The highest BCUT2D eigenvalue weighted by Crippen LogP contribution is 2.41. The van der Waals surface area contributed by atoms with E-state index in [1.165, 1.54) is 12.1 Å². The fraction of sp³-hybridized carbons (Fsp3) is 0.0909. The Kier molecular flexibility index (Phi) is 6.77. The third-order valence-electron chi connectivity index (χ3n) is 4.17. The van der Waals surface area contributed by atoms with Gasteiger partial charge in [0.05, 0.1) is 17.9 Å². The number of rotatable bonds is 2. The Morgan fingerprint density at radius 2 is 1.68 bits per heavy atom. The molecule has 4 nitrogen and oxygen atoms in total. The Morgan fingerprint density at radius 1 is 0.968 bits per heavy atom. The lowest BCUT2D eigenvalue weighted by Gasteiger charge is -2.09. The number of alkyl halides is 3. The summed E-state index contributed by atoms with van der Waals surface area (Å²) in [6, 6.07) is 19.4. The van der Waals surface area contributed by atoms with Gasteiger partial charge in [-0.25, -0.2) is 9.38 Å². The predicted octanol–water partition coefficient (Wildman–Crippen LogP) is 5.07. The van der Waals surface area contributed by atoms with Gasteiger partial charge in [0.25, 0.3) is 0 Å². The van der Waals surface area contributed by atoms with Crippen molar-refractivity contribution in [3.63, 3.8) is 0 Å². The Balaban J connectivity index is 0.000000401. The van der Waals surface area contributed by atoms with Crippen LogP contribution in [0.5, 0.6) is 0 Å². The number of hydrogen-bond acceptors (Lipinski definition) is 4. The number of primary amides is 1. The van der Waals surface area contributed by atoms with E-state index >= 15 is 0 Å². The van der Waals surface area contributed by atoms with Gasteiger partial charge in [0.1, 0.15) is 5.82 Å². The average molecular weight is 447 g/mol. The number of nitrogens with zero attached hydrogens (tertiary/aromatic N) is 1. The van der Waals surface area contributed by atoms with Gasteiger partial charge in [-0.05, 0) is 36.4 Å². The average Bonchev–Trinajstić information content (AvgIpc) is 2.90. The van der Waals surface area contributed by atoms with Gasteiger partial charge in [-0.2, -0.15) is 13.2 Å². The van der Waals surface area contributed by atoms with Crippen molar-refractivity contribution < 1.29 is 22.4 Å². The Morgan fingerprint density at radius 3 is 2.32 bits per heavy atom. The van der Waals surface area contributed by atoms with E-state index in [0.29, 0.717) is 22.5 Å². The van der Waals surface area contributed by atoms with Gasteiger partial charge >= 0.3 is 6.18 Å². The molecular formula is C22H17F4N3OS. The van der Waals surface area contributed by atoms with E-state index < -0.39 is 18.6 Å². The molecule has 1 aliphatic heterocycles. The lowest BCUT2D eigenvalue weighted by molar-refractivity contribution is -0.118. The van der Waals surface area contributed by atoms with Crippen LogP contribution in [0.1, 0.15) is 21.5 Å². The van der Waals surface area contributed by atoms with Gasteiger partial charge in [0, 0.05) is 26.5 Å². The number of amides is 1. The molecule has 1 heterocycles. The molecule has 0 fully saturated rings. The highest BCUT2D eigenvalue weighted by atomic mass is 32.2. The summed E-state index contributed by atoms with van der Waals surface area (Å²) >= 11 is 1.57. The van der Waals surface area contributed by atoms with Gasteiger partial charge < -0.3 is 11.5 Å². The first-order chi connectivity index (χ1) is 14.7. The second-order valence-electron chi connectivity index (χ2n) is 6.44.